The van der Waals surface area contributed by atoms with Crippen molar-refractivity contribution in [1.82, 2.24) is 0 Å². The molecule has 3 nitrogen and oxygen atoms in total. The van der Waals surface area contributed by atoms with Crippen molar-refractivity contribution in [3.05, 3.63) is 29.8 Å². The first-order chi connectivity index (χ1) is 8.40. The van der Waals surface area contributed by atoms with Gasteiger partial charge in [-0.15, -0.1) is 0 Å². The van der Waals surface area contributed by atoms with E-state index in [0.717, 1.165) is 12.1 Å². The number of carbonyl (C=O) groups excluding carboxylic acids is 1. The first-order valence-corrected chi connectivity index (χ1v) is 6.52. The molecular formula is C15H24N2O. The Morgan fingerprint density at radius 2 is 1.89 bits per heavy atom. The van der Waals surface area contributed by atoms with Gasteiger partial charge in [0.05, 0.1) is 0 Å². The molecule has 3 N–H and O–H groups in total. The maximum atomic E-state index is 11.8. The highest BCUT2D eigenvalue weighted by Gasteiger charge is 2.18. The molecule has 0 heterocycles. The molecular weight excluding hydrogens is 224 g/mol. The van der Waals surface area contributed by atoms with Gasteiger partial charge in [-0.3, -0.25) is 4.79 Å². The molecule has 1 aromatic rings. The summed E-state index contributed by atoms with van der Waals surface area (Å²) >= 11 is 0. The summed E-state index contributed by atoms with van der Waals surface area (Å²) in [5, 5.41) is 2.92. The predicted molar refractivity (Wildman–Crippen MR) is 76.6 cm³/mol. The Balaban J connectivity index is 2.75. The molecule has 1 amide bonds. The highest BCUT2D eigenvalue weighted by molar-refractivity contribution is 5.92. The Hall–Kier alpha value is -1.35. The molecule has 3 heteroatoms. The normalized spacial score (nSPS) is 13.2. The lowest BCUT2D eigenvalue weighted by Crippen LogP contribution is -2.28. The van der Waals surface area contributed by atoms with Crippen molar-refractivity contribution in [3.8, 4) is 0 Å². The van der Waals surface area contributed by atoms with Gasteiger partial charge in [-0.1, -0.05) is 39.8 Å². The van der Waals surface area contributed by atoms with Crippen molar-refractivity contribution < 1.29 is 4.79 Å². The van der Waals surface area contributed by atoms with Crippen molar-refractivity contribution in [3.63, 3.8) is 0 Å². The van der Waals surface area contributed by atoms with E-state index in [9.17, 15) is 4.79 Å². The number of nitrogens with two attached hydrogens (primary N) is 1. The molecule has 0 saturated carbocycles. The number of nitrogens with one attached hydrogen (secondary N) is 1. The molecule has 0 saturated heterocycles. The molecule has 1 unspecified atom stereocenters. The van der Waals surface area contributed by atoms with Gasteiger partial charge in [0.25, 0.3) is 0 Å². The predicted octanol–water partition coefficient (Wildman–Crippen LogP) is 2.91. The molecule has 1 aromatic carbocycles. The van der Waals surface area contributed by atoms with Gasteiger partial charge in [-0.2, -0.15) is 0 Å². The van der Waals surface area contributed by atoms with Crippen LogP contribution in [0.3, 0.4) is 0 Å². The zero-order chi connectivity index (χ0) is 13.8. The average Bonchev–Trinajstić information content (AvgIpc) is 2.38. The van der Waals surface area contributed by atoms with E-state index in [0.29, 0.717) is 6.54 Å². The quantitative estimate of drug-likeness (QED) is 0.841. The fourth-order valence-corrected chi connectivity index (χ4v) is 1.57. The summed E-state index contributed by atoms with van der Waals surface area (Å²) in [5.41, 5.74) is 7.75. The molecule has 1 atom stereocenters. The second-order valence-electron chi connectivity index (χ2n) is 5.46. The van der Waals surface area contributed by atoms with Gasteiger partial charge in [-0.05, 0) is 24.1 Å². The zero-order valence-corrected chi connectivity index (χ0v) is 11.8. The van der Waals surface area contributed by atoms with Crippen LogP contribution >= 0.6 is 0 Å². The highest BCUT2D eigenvalue weighted by atomic mass is 16.1. The van der Waals surface area contributed by atoms with E-state index in [1.165, 1.54) is 5.56 Å². The summed E-state index contributed by atoms with van der Waals surface area (Å²) in [7, 11) is 0. The fourth-order valence-electron chi connectivity index (χ4n) is 1.57. The van der Waals surface area contributed by atoms with Crippen molar-refractivity contribution >= 4 is 11.6 Å². The molecule has 0 aliphatic heterocycles. The van der Waals surface area contributed by atoms with Crippen LogP contribution in [-0.2, 0) is 10.2 Å². The van der Waals surface area contributed by atoms with E-state index in [1.54, 1.807) is 0 Å². The minimum absolute atomic E-state index is 0.0285. The topological polar surface area (TPSA) is 55.1 Å². The van der Waals surface area contributed by atoms with Gasteiger partial charge < -0.3 is 11.1 Å². The Morgan fingerprint density at radius 3 is 2.33 bits per heavy atom. The van der Waals surface area contributed by atoms with Crippen LogP contribution < -0.4 is 11.1 Å². The van der Waals surface area contributed by atoms with Gasteiger partial charge in [-0.25, -0.2) is 0 Å². The van der Waals surface area contributed by atoms with Crippen LogP contribution in [0.5, 0.6) is 0 Å². The van der Waals surface area contributed by atoms with E-state index in [4.69, 9.17) is 5.73 Å². The summed E-state index contributed by atoms with van der Waals surface area (Å²) in [5.74, 6) is 0.119. The minimum Gasteiger partial charge on any atom is -0.330 e. The Labute approximate surface area is 110 Å². The maximum absolute atomic E-state index is 11.8. The van der Waals surface area contributed by atoms with Crippen LogP contribution in [0.2, 0.25) is 0 Å². The van der Waals surface area contributed by atoms with Crippen molar-refractivity contribution in [2.24, 2.45) is 11.7 Å². The highest BCUT2D eigenvalue weighted by Crippen LogP contribution is 2.23. The molecule has 0 aliphatic carbocycles. The van der Waals surface area contributed by atoms with E-state index in [2.05, 4.69) is 19.2 Å². The summed E-state index contributed by atoms with van der Waals surface area (Å²) in [6, 6.07) is 7.93. The Kier molecular flexibility index (Phi) is 4.91. The Morgan fingerprint density at radius 1 is 1.33 bits per heavy atom. The van der Waals surface area contributed by atoms with Crippen LogP contribution in [0.1, 0.15) is 39.7 Å². The molecule has 0 fully saturated rings. The third-order valence-electron chi connectivity index (χ3n) is 3.50. The van der Waals surface area contributed by atoms with Crippen LogP contribution in [-0.4, -0.2) is 12.5 Å². The monoisotopic (exact) mass is 248 g/mol. The van der Waals surface area contributed by atoms with Gasteiger partial charge in [0.1, 0.15) is 0 Å². The van der Waals surface area contributed by atoms with E-state index < -0.39 is 0 Å². The van der Waals surface area contributed by atoms with Crippen LogP contribution in [0.15, 0.2) is 24.3 Å². The molecule has 100 valence electrons. The van der Waals surface area contributed by atoms with Gasteiger partial charge >= 0.3 is 0 Å². The summed E-state index contributed by atoms with van der Waals surface area (Å²) in [6.07, 6.45) is 0.851. The molecule has 0 aliphatic rings. The lowest BCUT2D eigenvalue weighted by Gasteiger charge is -2.23. The average molecular weight is 248 g/mol. The number of carbonyl (C=O) groups is 1. The van der Waals surface area contributed by atoms with Crippen LogP contribution in [0, 0.1) is 5.92 Å². The number of benzene rings is 1. The van der Waals surface area contributed by atoms with Gasteiger partial charge in [0.15, 0.2) is 0 Å². The van der Waals surface area contributed by atoms with Crippen LogP contribution in [0.4, 0.5) is 5.69 Å². The second-order valence-corrected chi connectivity index (χ2v) is 5.46. The van der Waals surface area contributed by atoms with Crippen molar-refractivity contribution in [1.29, 1.82) is 0 Å². The van der Waals surface area contributed by atoms with E-state index >= 15 is 0 Å². The SMILES string of the molecule is CCC(C)C(=O)Nc1ccc(C(C)(C)CN)cc1. The van der Waals surface area contributed by atoms with E-state index in [1.807, 2.05) is 38.1 Å². The molecule has 0 spiro atoms. The fraction of sp³-hybridized carbons (Fsp3) is 0.533. The molecule has 0 bridgehead atoms. The number of hydrogen-bond donors (Lipinski definition) is 2. The first-order valence-electron chi connectivity index (χ1n) is 6.52. The third-order valence-corrected chi connectivity index (χ3v) is 3.50. The minimum atomic E-state index is -0.0285. The molecule has 0 aromatic heterocycles. The van der Waals surface area contributed by atoms with E-state index in [-0.39, 0.29) is 17.2 Å². The Bertz CT molecular complexity index is 395. The maximum Gasteiger partial charge on any atom is 0.227 e. The zero-order valence-electron chi connectivity index (χ0n) is 11.8. The standard InChI is InChI=1S/C15H24N2O/c1-5-11(2)14(18)17-13-8-6-12(7-9-13)15(3,4)10-16/h6-9,11H,5,10,16H2,1-4H3,(H,17,18). The van der Waals surface area contributed by atoms with Crippen molar-refractivity contribution in [2.45, 2.75) is 39.5 Å². The summed E-state index contributed by atoms with van der Waals surface area (Å²) in [4.78, 5) is 11.8. The number of amides is 1. The number of anilines is 1. The summed E-state index contributed by atoms with van der Waals surface area (Å²) < 4.78 is 0. The lowest BCUT2D eigenvalue weighted by molar-refractivity contribution is -0.119. The largest absolute Gasteiger partial charge is 0.330 e. The molecule has 1 rings (SSSR count). The third kappa shape index (κ3) is 3.57. The molecule has 18 heavy (non-hydrogen) atoms. The molecule has 0 radical (unpaired) electrons. The summed E-state index contributed by atoms with van der Waals surface area (Å²) in [6.45, 7) is 8.77. The number of hydrogen-bond acceptors (Lipinski definition) is 2. The van der Waals surface area contributed by atoms with Gasteiger partial charge in [0.2, 0.25) is 5.91 Å². The van der Waals surface area contributed by atoms with Crippen LogP contribution in [0.25, 0.3) is 0 Å². The van der Waals surface area contributed by atoms with Crippen molar-refractivity contribution in [2.75, 3.05) is 11.9 Å². The lowest BCUT2D eigenvalue weighted by atomic mass is 9.85. The van der Waals surface area contributed by atoms with Gasteiger partial charge in [0, 0.05) is 23.6 Å². The first kappa shape index (κ1) is 14.7. The smallest absolute Gasteiger partial charge is 0.227 e. The number of rotatable bonds is 5. The second kappa shape index (κ2) is 6.01.